The lowest BCUT2D eigenvalue weighted by atomic mass is 10.6. The van der Waals surface area contributed by atoms with Crippen molar-refractivity contribution in [2.45, 2.75) is 0 Å². The van der Waals surface area contributed by atoms with Crippen molar-refractivity contribution in [3.05, 3.63) is 0 Å². The van der Waals surface area contributed by atoms with Crippen LogP contribution in [0.5, 0.6) is 0 Å². The molecule has 0 radical (unpaired) electrons. The van der Waals surface area contributed by atoms with Crippen LogP contribution in [0.2, 0.25) is 0 Å². The van der Waals surface area contributed by atoms with Gasteiger partial charge in [0.05, 0.1) is 66.1 Å². The second-order valence-corrected chi connectivity index (χ2v) is 4.65. The molecule has 0 aliphatic heterocycles. The minimum atomic E-state index is 0.545. The summed E-state index contributed by atoms with van der Waals surface area (Å²) in [6, 6.07) is 0. The molecule has 7 nitrogen and oxygen atoms in total. The largest absolute Gasteiger partial charge is 0.378 e. The maximum Gasteiger partial charge on any atom is 0.0701 e. The van der Waals surface area contributed by atoms with E-state index in [-0.39, 0.29) is 0 Å². The van der Waals surface area contributed by atoms with Gasteiger partial charge in [-0.2, -0.15) is 0 Å². The van der Waals surface area contributed by atoms with Crippen molar-refractivity contribution in [2.24, 2.45) is 5.73 Å². The minimum absolute atomic E-state index is 0.545. The number of nitrogens with two attached hydrogens (primary N) is 1. The monoisotopic (exact) mass is 308 g/mol. The fourth-order valence-electron chi connectivity index (χ4n) is 1.31. The fourth-order valence-corrected chi connectivity index (χ4v) is 1.31. The summed E-state index contributed by atoms with van der Waals surface area (Å²) in [4.78, 5) is 2.08. The third-order valence-electron chi connectivity index (χ3n) is 2.43. The van der Waals surface area contributed by atoms with E-state index >= 15 is 0 Å². The molecule has 0 aromatic rings. The molecule has 0 atom stereocenters. The normalized spacial score (nSPS) is 11.4. The summed E-state index contributed by atoms with van der Waals surface area (Å²) < 4.78 is 26.6. The molecule has 0 saturated carbocycles. The van der Waals surface area contributed by atoms with Crippen LogP contribution in [0.25, 0.3) is 0 Å². The van der Waals surface area contributed by atoms with Crippen molar-refractivity contribution in [1.29, 1.82) is 0 Å². The van der Waals surface area contributed by atoms with E-state index in [2.05, 4.69) is 4.90 Å². The van der Waals surface area contributed by atoms with Gasteiger partial charge >= 0.3 is 0 Å². The Kier molecular flexibility index (Phi) is 17.5. The first-order valence-electron chi connectivity index (χ1n) is 7.51. The first-order chi connectivity index (χ1) is 10.3. The Labute approximate surface area is 128 Å². The molecule has 0 rings (SSSR count). The number of hydrogen-bond donors (Lipinski definition) is 1. The Balaban J connectivity index is 2.93. The summed E-state index contributed by atoms with van der Waals surface area (Å²) in [5, 5.41) is 0. The summed E-state index contributed by atoms with van der Waals surface area (Å²) in [5.74, 6) is 0. The lowest BCUT2D eigenvalue weighted by molar-refractivity contribution is -0.0112. The maximum atomic E-state index is 5.40. The highest BCUT2D eigenvalue weighted by molar-refractivity contribution is 4.40. The van der Waals surface area contributed by atoms with E-state index in [0.29, 0.717) is 66.0 Å². The third kappa shape index (κ3) is 19.7. The zero-order valence-electron chi connectivity index (χ0n) is 13.6. The number of nitrogens with zero attached hydrogens (tertiary/aromatic N) is 1. The van der Waals surface area contributed by atoms with Gasteiger partial charge in [0.1, 0.15) is 0 Å². The van der Waals surface area contributed by atoms with Gasteiger partial charge in [-0.25, -0.2) is 0 Å². The number of likely N-dealkylation sites (N-methyl/N-ethyl adjacent to an activating group) is 1. The van der Waals surface area contributed by atoms with Gasteiger partial charge in [0, 0.05) is 13.1 Å². The molecule has 0 heterocycles. The average molecular weight is 308 g/mol. The first kappa shape index (κ1) is 20.7. The van der Waals surface area contributed by atoms with Crippen LogP contribution in [0.4, 0.5) is 0 Å². The molecule has 2 N–H and O–H groups in total. The van der Waals surface area contributed by atoms with Gasteiger partial charge in [-0.05, 0) is 14.1 Å². The van der Waals surface area contributed by atoms with Gasteiger partial charge in [-0.15, -0.1) is 0 Å². The number of hydrogen-bond acceptors (Lipinski definition) is 7. The van der Waals surface area contributed by atoms with E-state index in [1.807, 2.05) is 14.1 Å². The second kappa shape index (κ2) is 17.8. The highest BCUT2D eigenvalue weighted by atomic mass is 16.6. The Hall–Kier alpha value is -0.280. The second-order valence-electron chi connectivity index (χ2n) is 4.65. The summed E-state index contributed by atoms with van der Waals surface area (Å²) in [6.45, 7) is 7.46. The lowest BCUT2D eigenvalue weighted by Crippen LogP contribution is -2.19. The average Bonchev–Trinajstić information content (AvgIpc) is 2.46. The van der Waals surface area contributed by atoms with Crippen LogP contribution in [0.3, 0.4) is 0 Å². The molecule has 0 aliphatic rings. The molecular formula is C14H32N2O5. The van der Waals surface area contributed by atoms with Gasteiger partial charge in [0.25, 0.3) is 0 Å². The van der Waals surface area contributed by atoms with Crippen molar-refractivity contribution in [1.82, 2.24) is 4.90 Å². The number of rotatable bonds is 17. The molecule has 0 bridgehead atoms. The SMILES string of the molecule is CN(C)CCOCCOCCOCCOCCOCCN. The smallest absolute Gasteiger partial charge is 0.0701 e. The molecule has 0 aliphatic carbocycles. The lowest BCUT2D eigenvalue weighted by Gasteiger charge is -2.10. The number of ether oxygens (including phenoxy) is 5. The maximum absolute atomic E-state index is 5.40. The van der Waals surface area contributed by atoms with Crippen LogP contribution < -0.4 is 5.73 Å². The standard InChI is InChI=1S/C14H32N2O5/c1-16(2)4-6-18-8-10-20-12-14-21-13-11-19-9-7-17-5-3-15/h3-15H2,1-2H3. The molecular weight excluding hydrogens is 276 g/mol. The van der Waals surface area contributed by atoms with Gasteiger partial charge in [0.2, 0.25) is 0 Å². The van der Waals surface area contributed by atoms with Crippen LogP contribution >= 0.6 is 0 Å². The van der Waals surface area contributed by atoms with Crippen LogP contribution in [-0.2, 0) is 23.7 Å². The third-order valence-corrected chi connectivity index (χ3v) is 2.43. The van der Waals surface area contributed by atoms with Crippen LogP contribution in [0, 0.1) is 0 Å². The Morgan fingerprint density at radius 1 is 0.571 bits per heavy atom. The minimum Gasteiger partial charge on any atom is -0.378 e. The van der Waals surface area contributed by atoms with E-state index in [9.17, 15) is 0 Å². The Morgan fingerprint density at radius 3 is 1.24 bits per heavy atom. The molecule has 7 heteroatoms. The van der Waals surface area contributed by atoms with Crippen LogP contribution in [0.1, 0.15) is 0 Å². The highest BCUT2D eigenvalue weighted by Crippen LogP contribution is 1.84. The van der Waals surface area contributed by atoms with Crippen molar-refractivity contribution >= 4 is 0 Å². The van der Waals surface area contributed by atoms with Crippen molar-refractivity contribution < 1.29 is 23.7 Å². The summed E-state index contributed by atoms with van der Waals surface area (Å²) >= 11 is 0. The van der Waals surface area contributed by atoms with Gasteiger partial charge < -0.3 is 34.3 Å². The van der Waals surface area contributed by atoms with Crippen LogP contribution in [0.15, 0.2) is 0 Å². The van der Waals surface area contributed by atoms with Crippen molar-refractivity contribution in [3.8, 4) is 0 Å². The van der Waals surface area contributed by atoms with Gasteiger partial charge in [-0.1, -0.05) is 0 Å². The van der Waals surface area contributed by atoms with Crippen LogP contribution in [-0.4, -0.2) is 98.2 Å². The molecule has 0 amide bonds. The molecule has 128 valence electrons. The molecule has 0 aromatic carbocycles. The molecule has 0 spiro atoms. The zero-order chi connectivity index (χ0) is 15.6. The zero-order valence-corrected chi connectivity index (χ0v) is 13.6. The van der Waals surface area contributed by atoms with E-state index in [1.54, 1.807) is 0 Å². The summed E-state index contributed by atoms with van der Waals surface area (Å²) in [5.41, 5.74) is 5.29. The predicted octanol–water partition coefficient (Wildman–Crippen LogP) is -0.410. The molecule has 21 heavy (non-hydrogen) atoms. The molecule has 0 saturated heterocycles. The van der Waals surface area contributed by atoms with Gasteiger partial charge in [0.15, 0.2) is 0 Å². The quantitative estimate of drug-likeness (QED) is 0.366. The van der Waals surface area contributed by atoms with E-state index in [1.165, 1.54) is 0 Å². The first-order valence-corrected chi connectivity index (χ1v) is 7.51. The topological polar surface area (TPSA) is 75.4 Å². The summed E-state index contributed by atoms with van der Waals surface area (Å²) in [7, 11) is 4.04. The Morgan fingerprint density at radius 2 is 0.905 bits per heavy atom. The highest BCUT2D eigenvalue weighted by Gasteiger charge is 1.94. The van der Waals surface area contributed by atoms with Crippen molar-refractivity contribution in [2.75, 3.05) is 93.3 Å². The fraction of sp³-hybridized carbons (Fsp3) is 1.00. The predicted molar refractivity (Wildman–Crippen MR) is 81.7 cm³/mol. The van der Waals surface area contributed by atoms with E-state index in [4.69, 9.17) is 29.4 Å². The van der Waals surface area contributed by atoms with E-state index < -0.39 is 0 Å². The molecule has 0 fully saturated rings. The Bertz CT molecular complexity index is 196. The molecule has 0 aromatic heterocycles. The van der Waals surface area contributed by atoms with Gasteiger partial charge in [-0.3, -0.25) is 0 Å². The molecule has 0 unspecified atom stereocenters. The van der Waals surface area contributed by atoms with E-state index in [0.717, 1.165) is 13.2 Å². The van der Waals surface area contributed by atoms with Crippen molar-refractivity contribution in [3.63, 3.8) is 0 Å². The summed E-state index contributed by atoms with van der Waals surface area (Å²) in [6.07, 6.45) is 0.